The van der Waals surface area contributed by atoms with Crippen LogP contribution in [0.5, 0.6) is 0 Å². The summed E-state index contributed by atoms with van der Waals surface area (Å²) in [6, 6.07) is 0. The van der Waals surface area contributed by atoms with E-state index in [-0.39, 0.29) is 35.4 Å². The van der Waals surface area contributed by atoms with Crippen LogP contribution in [0.3, 0.4) is 0 Å². The summed E-state index contributed by atoms with van der Waals surface area (Å²) >= 11 is 0. The van der Waals surface area contributed by atoms with Crippen molar-refractivity contribution in [2.45, 2.75) is 72.3 Å². The lowest BCUT2D eigenvalue weighted by Gasteiger charge is -2.59. The zero-order valence-corrected chi connectivity index (χ0v) is 17.1. The minimum atomic E-state index is -1.03. The van der Waals surface area contributed by atoms with Crippen molar-refractivity contribution in [3.8, 4) is 0 Å². The Morgan fingerprint density at radius 3 is 2.56 bits per heavy atom. The van der Waals surface area contributed by atoms with E-state index in [0.717, 1.165) is 37.3 Å². The second kappa shape index (κ2) is 8.17. The zero-order valence-electron chi connectivity index (χ0n) is 17.1. The number of ether oxygens (including phenoxy) is 1. The fourth-order valence-electron chi connectivity index (χ4n) is 5.89. The Labute approximate surface area is 162 Å². The van der Waals surface area contributed by atoms with Crippen LogP contribution in [0.15, 0.2) is 23.8 Å². The summed E-state index contributed by atoms with van der Waals surface area (Å²) in [6.45, 7) is 12.4. The average molecular weight is 379 g/mol. The van der Waals surface area contributed by atoms with Crippen LogP contribution in [0.1, 0.15) is 66.2 Å². The number of esters is 1. The highest BCUT2D eigenvalue weighted by Gasteiger charge is 2.56. The molecule has 0 saturated heterocycles. The molecule has 5 nitrogen and oxygen atoms in total. The number of carboxylic acids is 1. The van der Waals surface area contributed by atoms with Crippen molar-refractivity contribution >= 4 is 11.9 Å². The SMILES string of the molecule is C=C1C[C@@H](O)[C@@H]2C(C)(C)CCC[C@@]2(C)[C@@H]1CC/C(=C/C(=O)O)COC(C)=O. The molecule has 2 aliphatic carbocycles. The lowest BCUT2D eigenvalue weighted by molar-refractivity contribution is -0.140. The van der Waals surface area contributed by atoms with Gasteiger partial charge in [-0.15, -0.1) is 0 Å². The van der Waals surface area contributed by atoms with Gasteiger partial charge in [0.2, 0.25) is 0 Å². The van der Waals surface area contributed by atoms with E-state index >= 15 is 0 Å². The lowest BCUT2D eigenvalue weighted by atomic mass is 9.46. The number of fused-ring (bicyclic) bond motifs is 1. The van der Waals surface area contributed by atoms with E-state index in [2.05, 4.69) is 27.4 Å². The summed E-state index contributed by atoms with van der Waals surface area (Å²) in [7, 11) is 0. The van der Waals surface area contributed by atoms with Gasteiger partial charge in [-0.1, -0.05) is 39.3 Å². The number of rotatable bonds is 6. The number of hydrogen-bond donors (Lipinski definition) is 2. The topological polar surface area (TPSA) is 83.8 Å². The minimum absolute atomic E-state index is 0.00902. The van der Waals surface area contributed by atoms with E-state index in [4.69, 9.17) is 9.84 Å². The highest BCUT2D eigenvalue weighted by Crippen LogP contribution is 2.61. The molecule has 0 bridgehead atoms. The Hall–Kier alpha value is -1.62. The van der Waals surface area contributed by atoms with Gasteiger partial charge in [0.1, 0.15) is 6.61 Å². The summed E-state index contributed by atoms with van der Waals surface area (Å²) in [5, 5.41) is 19.9. The molecule has 0 aromatic carbocycles. The quantitative estimate of drug-likeness (QED) is 0.413. The molecule has 0 aromatic heterocycles. The van der Waals surface area contributed by atoms with Gasteiger partial charge in [-0.05, 0) is 60.3 Å². The highest BCUT2D eigenvalue weighted by atomic mass is 16.5. The number of carboxylic acid groups (broad SMARTS) is 1. The first-order chi connectivity index (χ1) is 12.5. The maximum Gasteiger partial charge on any atom is 0.328 e. The molecule has 5 heteroatoms. The maximum atomic E-state index is 11.1. The third-order valence-electron chi connectivity index (χ3n) is 6.78. The van der Waals surface area contributed by atoms with Gasteiger partial charge in [0.15, 0.2) is 0 Å². The van der Waals surface area contributed by atoms with E-state index in [1.165, 1.54) is 6.92 Å². The van der Waals surface area contributed by atoms with Crippen LogP contribution in [0.25, 0.3) is 0 Å². The first kappa shape index (κ1) is 21.7. The molecule has 0 amide bonds. The average Bonchev–Trinajstić information content (AvgIpc) is 2.49. The molecule has 4 atom stereocenters. The maximum absolute atomic E-state index is 11.1. The summed E-state index contributed by atoms with van der Waals surface area (Å²) in [5.74, 6) is -1.02. The van der Waals surface area contributed by atoms with Gasteiger partial charge in [-0.2, -0.15) is 0 Å². The molecule has 0 radical (unpaired) electrons. The van der Waals surface area contributed by atoms with Gasteiger partial charge >= 0.3 is 11.9 Å². The van der Waals surface area contributed by atoms with Crippen molar-refractivity contribution in [3.63, 3.8) is 0 Å². The molecule has 2 N–H and O–H groups in total. The van der Waals surface area contributed by atoms with Crippen molar-refractivity contribution in [2.24, 2.45) is 22.7 Å². The molecular formula is C22H34O5. The van der Waals surface area contributed by atoms with Crippen LogP contribution in [0.2, 0.25) is 0 Å². The minimum Gasteiger partial charge on any atom is -0.478 e. The largest absolute Gasteiger partial charge is 0.478 e. The van der Waals surface area contributed by atoms with Crippen LogP contribution in [0, 0.1) is 22.7 Å². The lowest BCUT2D eigenvalue weighted by Crippen LogP contribution is -2.55. The number of aliphatic hydroxyl groups excluding tert-OH is 1. The Bertz CT molecular complexity index is 633. The fraction of sp³-hybridized carbons (Fsp3) is 0.727. The number of carbonyl (C=O) groups is 2. The zero-order chi connectivity index (χ0) is 20.4. The molecule has 0 aliphatic heterocycles. The molecule has 0 heterocycles. The predicted molar refractivity (Wildman–Crippen MR) is 104 cm³/mol. The van der Waals surface area contributed by atoms with Crippen LogP contribution >= 0.6 is 0 Å². The molecule has 2 fully saturated rings. The van der Waals surface area contributed by atoms with E-state index < -0.39 is 11.9 Å². The first-order valence-electron chi connectivity index (χ1n) is 9.89. The van der Waals surface area contributed by atoms with Gasteiger partial charge in [-0.3, -0.25) is 4.79 Å². The van der Waals surface area contributed by atoms with E-state index in [1.54, 1.807) is 0 Å². The number of aliphatic hydroxyl groups is 1. The Morgan fingerprint density at radius 1 is 1.30 bits per heavy atom. The Kier molecular flexibility index (Phi) is 6.56. The fourth-order valence-corrected chi connectivity index (χ4v) is 5.89. The standard InChI is InChI=1S/C22H34O5/c1-14-11-18(24)20-21(3,4)9-6-10-22(20,5)17(14)8-7-16(12-19(25)26)13-27-15(2)23/h12,17-18,20,24H,1,6-11,13H2,2-5H3,(H,25,26)/b16-12-/t17-,18-,20-,22+/m1/s1. The van der Waals surface area contributed by atoms with Gasteiger partial charge in [0, 0.05) is 13.0 Å². The summed E-state index contributed by atoms with van der Waals surface area (Å²) < 4.78 is 5.02. The number of hydrogen-bond acceptors (Lipinski definition) is 4. The first-order valence-corrected chi connectivity index (χ1v) is 9.89. The van der Waals surface area contributed by atoms with Crippen molar-refractivity contribution in [1.29, 1.82) is 0 Å². The van der Waals surface area contributed by atoms with Crippen LogP contribution in [-0.4, -0.2) is 34.9 Å². The number of aliphatic carboxylic acids is 1. The monoisotopic (exact) mass is 378 g/mol. The predicted octanol–water partition coefficient (Wildman–Crippen LogP) is 4.11. The van der Waals surface area contributed by atoms with E-state index in [0.29, 0.717) is 18.4 Å². The van der Waals surface area contributed by atoms with E-state index in [1.807, 2.05) is 0 Å². The molecule has 2 rings (SSSR count). The molecule has 0 unspecified atom stereocenters. The van der Waals surface area contributed by atoms with Crippen molar-refractivity contribution in [1.82, 2.24) is 0 Å². The van der Waals surface area contributed by atoms with Crippen LogP contribution < -0.4 is 0 Å². The molecule has 2 aliphatic rings. The Balaban J connectivity index is 2.21. The third-order valence-corrected chi connectivity index (χ3v) is 6.78. The van der Waals surface area contributed by atoms with Crippen LogP contribution in [0.4, 0.5) is 0 Å². The number of carbonyl (C=O) groups excluding carboxylic acids is 1. The molecule has 2 saturated carbocycles. The molecular weight excluding hydrogens is 344 g/mol. The van der Waals surface area contributed by atoms with Gasteiger partial charge in [0.05, 0.1) is 6.10 Å². The summed E-state index contributed by atoms with van der Waals surface area (Å²) in [4.78, 5) is 22.2. The molecule has 27 heavy (non-hydrogen) atoms. The van der Waals surface area contributed by atoms with Crippen molar-refractivity contribution in [2.75, 3.05) is 6.61 Å². The normalized spacial score (nSPS) is 33.3. The summed E-state index contributed by atoms with van der Waals surface area (Å²) in [5.41, 5.74) is 1.68. The Morgan fingerprint density at radius 2 is 1.96 bits per heavy atom. The molecule has 152 valence electrons. The van der Waals surface area contributed by atoms with Crippen LogP contribution in [-0.2, 0) is 14.3 Å². The van der Waals surface area contributed by atoms with E-state index in [9.17, 15) is 14.7 Å². The van der Waals surface area contributed by atoms with Gasteiger partial charge < -0.3 is 14.9 Å². The van der Waals surface area contributed by atoms with Crippen molar-refractivity contribution < 1.29 is 24.5 Å². The second-order valence-corrected chi connectivity index (χ2v) is 9.27. The molecule has 0 spiro atoms. The van der Waals surface area contributed by atoms with Gasteiger partial charge in [0.25, 0.3) is 0 Å². The third kappa shape index (κ3) is 4.81. The summed E-state index contributed by atoms with van der Waals surface area (Å²) in [6.07, 6.45) is 5.97. The smallest absolute Gasteiger partial charge is 0.328 e. The highest BCUT2D eigenvalue weighted by molar-refractivity contribution is 5.80. The molecule has 0 aromatic rings. The second-order valence-electron chi connectivity index (χ2n) is 9.27. The van der Waals surface area contributed by atoms with Gasteiger partial charge in [-0.25, -0.2) is 4.79 Å². The van der Waals surface area contributed by atoms with Crippen molar-refractivity contribution in [3.05, 3.63) is 23.8 Å².